The van der Waals surface area contributed by atoms with E-state index in [1.807, 2.05) is 6.07 Å². The van der Waals surface area contributed by atoms with E-state index in [0.29, 0.717) is 43.8 Å². The maximum absolute atomic E-state index is 12.4. The number of ether oxygens (including phenoxy) is 3. The summed E-state index contributed by atoms with van der Waals surface area (Å²) in [6.07, 6.45) is 1.45. The maximum atomic E-state index is 12.4. The molecule has 2 aromatic carbocycles. The van der Waals surface area contributed by atoms with Crippen molar-refractivity contribution in [2.45, 2.75) is 6.92 Å². The third-order valence-electron chi connectivity index (χ3n) is 4.02. The summed E-state index contributed by atoms with van der Waals surface area (Å²) in [5.74, 6) is 0.780. The van der Waals surface area contributed by atoms with Crippen LogP contribution >= 0.6 is 23.2 Å². The number of nitrogens with one attached hydrogen (secondary N) is 1. The minimum atomic E-state index is -0.499. The van der Waals surface area contributed by atoms with E-state index in [0.717, 1.165) is 0 Å². The van der Waals surface area contributed by atoms with Gasteiger partial charge >= 0.3 is 5.97 Å². The van der Waals surface area contributed by atoms with Gasteiger partial charge in [0.05, 0.1) is 22.8 Å². The van der Waals surface area contributed by atoms with E-state index in [1.54, 1.807) is 31.2 Å². The molecular weight excluding hydrogens is 391 g/mol. The van der Waals surface area contributed by atoms with Crippen LogP contribution in [0.1, 0.15) is 17.3 Å². The summed E-state index contributed by atoms with van der Waals surface area (Å²) in [7, 11) is 0. The molecule has 1 aromatic heterocycles. The van der Waals surface area contributed by atoms with Crippen LogP contribution in [-0.4, -0.2) is 24.4 Å². The van der Waals surface area contributed by atoms with Crippen molar-refractivity contribution < 1.29 is 19.0 Å². The van der Waals surface area contributed by atoms with Gasteiger partial charge in [-0.1, -0.05) is 23.2 Å². The minimum Gasteiger partial charge on any atom is -0.462 e. The summed E-state index contributed by atoms with van der Waals surface area (Å²) >= 11 is 12.5. The Labute approximate surface area is 165 Å². The van der Waals surface area contributed by atoms with Crippen LogP contribution in [0.3, 0.4) is 0 Å². The van der Waals surface area contributed by atoms with Gasteiger partial charge in [-0.05, 0) is 31.2 Å². The van der Waals surface area contributed by atoms with E-state index in [1.165, 1.54) is 6.20 Å². The van der Waals surface area contributed by atoms with Gasteiger partial charge in [-0.2, -0.15) is 0 Å². The molecule has 1 N–H and O–H groups in total. The Bertz CT molecular complexity index is 1060. The van der Waals surface area contributed by atoms with E-state index in [-0.39, 0.29) is 19.0 Å². The van der Waals surface area contributed by atoms with Crippen LogP contribution in [0.5, 0.6) is 11.5 Å². The van der Waals surface area contributed by atoms with Gasteiger partial charge in [-0.15, -0.1) is 0 Å². The van der Waals surface area contributed by atoms with Crippen LogP contribution < -0.4 is 14.8 Å². The predicted octanol–water partition coefficient (Wildman–Crippen LogP) is 5.19. The van der Waals surface area contributed by atoms with Crippen molar-refractivity contribution >= 4 is 51.4 Å². The first-order chi connectivity index (χ1) is 13.1. The van der Waals surface area contributed by atoms with Crippen molar-refractivity contribution in [3.05, 3.63) is 52.1 Å². The highest BCUT2D eigenvalue weighted by atomic mass is 35.5. The molecule has 4 rings (SSSR count). The van der Waals surface area contributed by atoms with Gasteiger partial charge in [0.1, 0.15) is 5.56 Å². The number of benzene rings is 2. The standard InChI is InChI=1S/C19H14Cl2N2O4/c1-2-25-19(24)12-8-22-14-6-10(20)5-13(21)17(14)18(12)23-11-3-4-15-16(7-11)27-9-26-15/h3-8H,2,9H2,1H3,(H,22,23). The normalized spacial score (nSPS) is 12.3. The molecule has 27 heavy (non-hydrogen) atoms. The Morgan fingerprint density at radius 3 is 2.85 bits per heavy atom. The van der Waals surface area contributed by atoms with Crippen LogP contribution in [0.4, 0.5) is 11.4 Å². The lowest BCUT2D eigenvalue weighted by atomic mass is 10.1. The van der Waals surface area contributed by atoms with E-state index in [2.05, 4.69) is 10.3 Å². The highest BCUT2D eigenvalue weighted by Crippen LogP contribution is 2.39. The summed E-state index contributed by atoms with van der Waals surface area (Å²) in [6, 6.07) is 8.68. The topological polar surface area (TPSA) is 69.7 Å². The SMILES string of the molecule is CCOC(=O)c1cnc2cc(Cl)cc(Cl)c2c1Nc1ccc2c(c1)OCO2. The predicted molar refractivity (Wildman–Crippen MR) is 104 cm³/mol. The summed E-state index contributed by atoms with van der Waals surface area (Å²) in [5.41, 5.74) is 2.01. The molecule has 0 spiro atoms. The van der Waals surface area contributed by atoms with Crippen LogP contribution in [-0.2, 0) is 4.74 Å². The summed E-state index contributed by atoms with van der Waals surface area (Å²) in [4.78, 5) is 16.8. The first-order valence-corrected chi connectivity index (χ1v) is 8.94. The molecule has 2 heterocycles. The number of aromatic nitrogens is 1. The van der Waals surface area contributed by atoms with Gasteiger partial charge in [0, 0.05) is 28.4 Å². The number of anilines is 2. The van der Waals surface area contributed by atoms with Crippen LogP contribution in [0.15, 0.2) is 36.5 Å². The van der Waals surface area contributed by atoms with E-state index in [9.17, 15) is 4.79 Å². The smallest absolute Gasteiger partial charge is 0.341 e. The Morgan fingerprint density at radius 2 is 2.04 bits per heavy atom. The fraction of sp³-hybridized carbons (Fsp3) is 0.158. The second kappa shape index (κ2) is 7.13. The van der Waals surface area contributed by atoms with Crippen LogP contribution in [0.2, 0.25) is 10.0 Å². The number of carbonyl (C=O) groups excluding carboxylic acids is 1. The number of esters is 1. The van der Waals surface area contributed by atoms with Crippen molar-refractivity contribution in [3.8, 4) is 11.5 Å². The molecule has 0 bridgehead atoms. The van der Waals surface area contributed by atoms with Gasteiger partial charge in [-0.25, -0.2) is 4.79 Å². The molecular formula is C19H14Cl2N2O4. The van der Waals surface area contributed by atoms with E-state index < -0.39 is 5.97 Å². The van der Waals surface area contributed by atoms with Gasteiger partial charge < -0.3 is 19.5 Å². The second-order valence-corrected chi connectivity index (χ2v) is 6.59. The van der Waals surface area contributed by atoms with Crippen molar-refractivity contribution in [2.75, 3.05) is 18.7 Å². The summed E-state index contributed by atoms with van der Waals surface area (Å²) < 4.78 is 15.9. The average molecular weight is 405 g/mol. The van der Waals surface area contributed by atoms with Crippen LogP contribution in [0.25, 0.3) is 10.9 Å². The number of rotatable bonds is 4. The highest BCUT2D eigenvalue weighted by molar-refractivity contribution is 6.39. The molecule has 0 atom stereocenters. The van der Waals surface area contributed by atoms with Gasteiger partial charge in [0.25, 0.3) is 0 Å². The first kappa shape index (κ1) is 17.7. The Balaban J connectivity index is 1.87. The number of hydrogen-bond acceptors (Lipinski definition) is 6. The minimum absolute atomic E-state index is 0.176. The lowest BCUT2D eigenvalue weighted by Gasteiger charge is -2.15. The molecule has 6 nitrogen and oxygen atoms in total. The highest BCUT2D eigenvalue weighted by Gasteiger charge is 2.20. The molecule has 0 amide bonds. The van der Waals surface area contributed by atoms with Crippen molar-refractivity contribution in [1.29, 1.82) is 0 Å². The monoisotopic (exact) mass is 404 g/mol. The zero-order valence-corrected chi connectivity index (χ0v) is 15.7. The number of pyridine rings is 1. The van der Waals surface area contributed by atoms with Crippen molar-refractivity contribution in [3.63, 3.8) is 0 Å². The van der Waals surface area contributed by atoms with E-state index >= 15 is 0 Å². The van der Waals surface area contributed by atoms with Gasteiger partial charge in [-0.3, -0.25) is 4.98 Å². The quantitative estimate of drug-likeness (QED) is 0.603. The average Bonchev–Trinajstić information content (AvgIpc) is 3.09. The fourth-order valence-electron chi connectivity index (χ4n) is 2.85. The second-order valence-electron chi connectivity index (χ2n) is 5.74. The lowest BCUT2D eigenvalue weighted by Crippen LogP contribution is -2.09. The molecule has 0 radical (unpaired) electrons. The zero-order valence-electron chi connectivity index (χ0n) is 14.2. The Kier molecular flexibility index (Phi) is 4.68. The third-order valence-corrected chi connectivity index (χ3v) is 4.54. The zero-order chi connectivity index (χ0) is 19.0. The van der Waals surface area contributed by atoms with Gasteiger partial charge in [0.15, 0.2) is 11.5 Å². The van der Waals surface area contributed by atoms with Gasteiger partial charge in [0.2, 0.25) is 6.79 Å². The number of fused-ring (bicyclic) bond motifs is 2. The first-order valence-electron chi connectivity index (χ1n) is 8.18. The number of halogens is 2. The molecule has 3 aromatic rings. The molecule has 0 saturated carbocycles. The Hall–Kier alpha value is -2.70. The van der Waals surface area contributed by atoms with Crippen LogP contribution in [0, 0.1) is 0 Å². The summed E-state index contributed by atoms with van der Waals surface area (Å²) in [6.45, 7) is 2.16. The largest absolute Gasteiger partial charge is 0.462 e. The lowest BCUT2D eigenvalue weighted by molar-refractivity contribution is 0.0527. The maximum Gasteiger partial charge on any atom is 0.341 e. The Morgan fingerprint density at radius 1 is 1.22 bits per heavy atom. The molecule has 0 aliphatic carbocycles. The molecule has 0 saturated heterocycles. The molecule has 1 aliphatic rings. The fourth-order valence-corrected chi connectivity index (χ4v) is 3.43. The van der Waals surface area contributed by atoms with Crippen molar-refractivity contribution in [1.82, 2.24) is 4.98 Å². The molecule has 0 fully saturated rings. The number of hydrogen-bond donors (Lipinski definition) is 1. The molecule has 8 heteroatoms. The third kappa shape index (κ3) is 3.34. The number of nitrogens with zero attached hydrogens (tertiary/aromatic N) is 1. The van der Waals surface area contributed by atoms with Crippen molar-refractivity contribution in [2.24, 2.45) is 0 Å². The molecule has 1 aliphatic heterocycles. The number of carbonyl (C=O) groups is 1. The molecule has 138 valence electrons. The molecule has 0 unspecified atom stereocenters. The summed E-state index contributed by atoms with van der Waals surface area (Å²) in [5, 5.41) is 4.65. The van der Waals surface area contributed by atoms with E-state index in [4.69, 9.17) is 37.4 Å².